The molecule has 2 N–H and O–H groups in total. The first-order valence-electron chi connectivity index (χ1n) is 8.45. The van der Waals surface area contributed by atoms with Crippen LogP contribution < -0.4 is 10.6 Å². The molecule has 0 spiro atoms. The third kappa shape index (κ3) is 3.76. The Morgan fingerprint density at radius 2 is 2.14 bits per heavy atom. The SMILES string of the molecule is Cc1occc1C(=O)Nc1nc(CC(=O)NCc2nnc3ccccn23)cs1. The third-order valence-corrected chi connectivity index (χ3v) is 4.85. The Morgan fingerprint density at radius 3 is 2.96 bits per heavy atom. The van der Waals surface area contributed by atoms with Crippen LogP contribution in [0.5, 0.6) is 0 Å². The molecule has 4 rings (SSSR count). The van der Waals surface area contributed by atoms with Crippen LogP contribution in [-0.4, -0.2) is 31.4 Å². The van der Waals surface area contributed by atoms with E-state index < -0.39 is 0 Å². The fraction of sp³-hybridized carbons (Fsp3) is 0.167. The zero-order valence-corrected chi connectivity index (χ0v) is 15.7. The molecule has 0 aliphatic heterocycles. The molecule has 2 amide bonds. The number of amides is 2. The van der Waals surface area contributed by atoms with E-state index in [2.05, 4.69) is 25.8 Å². The van der Waals surface area contributed by atoms with E-state index in [0.29, 0.717) is 28.0 Å². The third-order valence-electron chi connectivity index (χ3n) is 4.05. The molecule has 4 heterocycles. The Morgan fingerprint density at radius 1 is 1.25 bits per heavy atom. The van der Waals surface area contributed by atoms with Crippen molar-refractivity contribution in [3.8, 4) is 0 Å². The van der Waals surface area contributed by atoms with Crippen molar-refractivity contribution in [3.63, 3.8) is 0 Å². The van der Waals surface area contributed by atoms with Crippen molar-refractivity contribution in [2.45, 2.75) is 19.9 Å². The predicted octanol–water partition coefficient (Wildman–Crippen LogP) is 2.20. The van der Waals surface area contributed by atoms with Gasteiger partial charge in [-0.15, -0.1) is 21.5 Å². The van der Waals surface area contributed by atoms with Gasteiger partial charge >= 0.3 is 0 Å². The minimum atomic E-state index is -0.296. The Hall–Kier alpha value is -3.53. The van der Waals surface area contributed by atoms with Crippen molar-refractivity contribution in [2.24, 2.45) is 0 Å². The van der Waals surface area contributed by atoms with E-state index in [1.807, 2.05) is 28.8 Å². The highest BCUT2D eigenvalue weighted by Gasteiger charge is 2.14. The summed E-state index contributed by atoms with van der Waals surface area (Å²) in [5, 5.41) is 15.8. The molecule has 142 valence electrons. The maximum absolute atomic E-state index is 12.2. The molecule has 0 saturated carbocycles. The second kappa shape index (κ2) is 7.61. The number of anilines is 1. The summed E-state index contributed by atoms with van der Waals surface area (Å²) in [5.41, 5.74) is 1.75. The second-order valence-electron chi connectivity index (χ2n) is 5.99. The molecule has 0 bridgehead atoms. The summed E-state index contributed by atoms with van der Waals surface area (Å²) in [5.74, 6) is 0.692. The summed E-state index contributed by atoms with van der Waals surface area (Å²) in [6.45, 7) is 1.97. The van der Waals surface area contributed by atoms with Gasteiger partial charge in [-0.25, -0.2) is 4.98 Å². The van der Waals surface area contributed by atoms with Crippen molar-refractivity contribution < 1.29 is 14.0 Å². The first kappa shape index (κ1) is 17.9. The predicted molar refractivity (Wildman–Crippen MR) is 102 cm³/mol. The van der Waals surface area contributed by atoms with Gasteiger partial charge in [-0.1, -0.05) is 6.07 Å². The van der Waals surface area contributed by atoms with Crippen LogP contribution in [0.25, 0.3) is 5.65 Å². The highest BCUT2D eigenvalue weighted by molar-refractivity contribution is 7.14. The van der Waals surface area contributed by atoms with Crippen LogP contribution in [0.4, 0.5) is 5.13 Å². The lowest BCUT2D eigenvalue weighted by Crippen LogP contribution is -2.25. The molecule has 0 saturated heterocycles. The Bertz CT molecular complexity index is 1150. The van der Waals surface area contributed by atoms with Crippen LogP contribution in [0.1, 0.15) is 27.6 Å². The quantitative estimate of drug-likeness (QED) is 0.516. The van der Waals surface area contributed by atoms with Gasteiger partial charge in [0.05, 0.1) is 30.5 Å². The molecule has 0 aliphatic rings. The van der Waals surface area contributed by atoms with Gasteiger partial charge in [-0.2, -0.15) is 0 Å². The van der Waals surface area contributed by atoms with Crippen LogP contribution >= 0.6 is 11.3 Å². The van der Waals surface area contributed by atoms with E-state index in [0.717, 1.165) is 5.65 Å². The van der Waals surface area contributed by atoms with Crippen molar-refractivity contribution >= 4 is 33.9 Å². The number of aromatic nitrogens is 4. The van der Waals surface area contributed by atoms with E-state index in [4.69, 9.17) is 4.42 Å². The van der Waals surface area contributed by atoms with Crippen LogP contribution in [0.2, 0.25) is 0 Å². The molecule has 0 radical (unpaired) electrons. The number of hydrogen-bond acceptors (Lipinski definition) is 7. The van der Waals surface area contributed by atoms with Crippen molar-refractivity contribution in [3.05, 3.63) is 64.9 Å². The molecular formula is C18H16N6O3S. The zero-order chi connectivity index (χ0) is 19.5. The van der Waals surface area contributed by atoms with E-state index in [-0.39, 0.29) is 24.8 Å². The number of aryl methyl sites for hydroxylation is 1. The Labute approximate surface area is 163 Å². The van der Waals surface area contributed by atoms with Gasteiger partial charge in [0.1, 0.15) is 5.76 Å². The molecular weight excluding hydrogens is 380 g/mol. The van der Waals surface area contributed by atoms with Gasteiger partial charge in [0.25, 0.3) is 5.91 Å². The van der Waals surface area contributed by atoms with Gasteiger partial charge in [0.15, 0.2) is 16.6 Å². The monoisotopic (exact) mass is 396 g/mol. The molecule has 10 heteroatoms. The average molecular weight is 396 g/mol. The summed E-state index contributed by atoms with van der Waals surface area (Å²) in [6, 6.07) is 7.19. The molecule has 0 unspecified atom stereocenters. The molecule has 4 aromatic rings. The van der Waals surface area contributed by atoms with Crippen LogP contribution in [-0.2, 0) is 17.8 Å². The van der Waals surface area contributed by atoms with Gasteiger partial charge in [-0.05, 0) is 25.1 Å². The topological polar surface area (TPSA) is 114 Å². The van der Waals surface area contributed by atoms with Gasteiger partial charge in [-0.3, -0.25) is 19.3 Å². The van der Waals surface area contributed by atoms with E-state index in [9.17, 15) is 9.59 Å². The van der Waals surface area contributed by atoms with Crippen LogP contribution in [0.15, 0.2) is 46.5 Å². The highest BCUT2D eigenvalue weighted by atomic mass is 32.1. The van der Waals surface area contributed by atoms with Crippen LogP contribution in [0.3, 0.4) is 0 Å². The van der Waals surface area contributed by atoms with Gasteiger partial charge in [0, 0.05) is 11.6 Å². The summed E-state index contributed by atoms with van der Waals surface area (Å²) < 4.78 is 6.94. The number of carbonyl (C=O) groups is 2. The van der Waals surface area contributed by atoms with Gasteiger partial charge < -0.3 is 9.73 Å². The fourth-order valence-electron chi connectivity index (χ4n) is 2.65. The summed E-state index contributed by atoms with van der Waals surface area (Å²) in [6.07, 6.45) is 3.41. The van der Waals surface area contributed by atoms with E-state index in [1.165, 1.54) is 17.6 Å². The Balaban J connectivity index is 1.33. The summed E-state index contributed by atoms with van der Waals surface area (Å²) in [4.78, 5) is 28.7. The standard InChI is InChI=1S/C18H16N6O3S/c1-11-13(5-7-27-11)17(26)21-18-20-12(10-28-18)8-16(25)19-9-15-23-22-14-4-2-3-6-24(14)15/h2-7,10H,8-9H2,1H3,(H,19,25)(H,20,21,26). The lowest BCUT2D eigenvalue weighted by Gasteiger charge is -2.03. The first-order chi connectivity index (χ1) is 13.6. The molecule has 0 fully saturated rings. The highest BCUT2D eigenvalue weighted by Crippen LogP contribution is 2.18. The minimum absolute atomic E-state index is 0.105. The second-order valence-corrected chi connectivity index (χ2v) is 6.85. The maximum atomic E-state index is 12.2. The number of carbonyl (C=O) groups excluding carboxylic acids is 2. The number of hydrogen-bond donors (Lipinski definition) is 2. The van der Waals surface area contributed by atoms with Crippen molar-refractivity contribution in [1.29, 1.82) is 0 Å². The van der Waals surface area contributed by atoms with Gasteiger partial charge in [0.2, 0.25) is 5.91 Å². The number of nitrogens with zero attached hydrogens (tertiary/aromatic N) is 4. The smallest absolute Gasteiger partial charge is 0.260 e. The van der Waals surface area contributed by atoms with Crippen LogP contribution in [0, 0.1) is 6.92 Å². The first-order valence-corrected chi connectivity index (χ1v) is 9.33. The average Bonchev–Trinajstić information content (AvgIpc) is 3.40. The van der Waals surface area contributed by atoms with E-state index >= 15 is 0 Å². The van der Waals surface area contributed by atoms with Crippen molar-refractivity contribution in [2.75, 3.05) is 5.32 Å². The number of nitrogens with one attached hydrogen (secondary N) is 2. The number of thiazole rings is 1. The molecule has 28 heavy (non-hydrogen) atoms. The number of furan rings is 1. The molecule has 4 aromatic heterocycles. The van der Waals surface area contributed by atoms with E-state index in [1.54, 1.807) is 18.4 Å². The van der Waals surface area contributed by atoms with Crippen molar-refractivity contribution in [1.82, 2.24) is 24.9 Å². The maximum Gasteiger partial charge on any atom is 0.260 e. The lowest BCUT2D eigenvalue weighted by molar-refractivity contribution is -0.120. The zero-order valence-electron chi connectivity index (χ0n) is 14.9. The number of pyridine rings is 1. The lowest BCUT2D eigenvalue weighted by atomic mass is 10.2. The minimum Gasteiger partial charge on any atom is -0.469 e. The molecule has 0 aliphatic carbocycles. The largest absolute Gasteiger partial charge is 0.469 e. The number of rotatable bonds is 6. The molecule has 0 atom stereocenters. The molecule has 0 aromatic carbocycles. The fourth-order valence-corrected chi connectivity index (χ4v) is 3.35. The molecule has 9 nitrogen and oxygen atoms in total. The Kier molecular flexibility index (Phi) is 4.85. The number of fused-ring (bicyclic) bond motifs is 1. The normalized spacial score (nSPS) is 10.9. The summed E-state index contributed by atoms with van der Waals surface area (Å²) in [7, 11) is 0. The summed E-state index contributed by atoms with van der Waals surface area (Å²) >= 11 is 1.26.